The van der Waals surface area contributed by atoms with E-state index in [0.29, 0.717) is 19.3 Å². The molecule has 0 bridgehead atoms. The molecule has 0 radical (unpaired) electrons. The van der Waals surface area contributed by atoms with Crippen molar-refractivity contribution in [3.63, 3.8) is 0 Å². The lowest BCUT2D eigenvalue weighted by Crippen LogP contribution is -2.37. The van der Waals surface area contributed by atoms with Gasteiger partial charge in [0.05, 0.1) is 0 Å². The molecule has 0 spiro atoms. The molecule has 1 fully saturated rings. The molecule has 1 aliphatic rings. The van der Waals surface area contributed by atoms with Crippen LogP contribution in [0.4, 0.5) is 0 Å². The quantitative estimate of drug-likeness (QED) is 0.708. The number of hydrogen-bond acceptors (Lipinski definition) is 2. The maximum atomic E-state index is 12.1. The molecule has 2 rings (SSSR count). The van der Waals surface area contributed by atoms with Crippen molar-refractivity contribution in [1.29, 1.82) is 0 Å². The summed E-state index contributed by atoms with van der Waals surface area (Å²) in [5, 5.41) is 0. The molecule has 1 aromatic carbocycles. The summed E-state index contributed by atoms with van der Waals surface area (Å²) < 4.78 is 0. The summed E-state index contributed by atoms with van der Waals surface area (Å²) in [5.41, 5.74) is 1.02. The van der Waals surface area contributed by atoms with Crippen molar-refractivity contribution in [2.75, 3.05) is 13.1 Å². The van der Waals surface area contributed by atoms with E-state index in [0.717, 1.165) is 37.4 Å². The number of carbonyl (C=O) groups is 2. The number of rotatable bonds is 6. The molecule has 1 heterocycles. The van der Waals surface area contributed by atoms with Crippen molar-refractivity contribution in [1.82, 2.24) is 4.90 Å². The summed E-state index contributed by atoms with van der Waals surface area (Å²) in [6.45, 7) is 7.99. The van der Waals surface area contributed by atoms with Crippen LogP contribution in [-0.4, -0.2) is 29.7 Å². The monoisotopic (exact) mass is 329 g/mol. The van der Waals surface area contributed by atoms with Gasteiger partial charge in [-0.25, -0.2) is 0 Å². The minimum atomic E-state index is 0.0870. The first-order valence-electron chi connectivity index (χ1n) is 9.19. The maximum absolute atomic E-state index is 12.1. The first-order chi connectivity index (χ1) is 11.6. The third-order valence-corrected chi connectivity index (χ3v) is 4.21. The van der Waals surface area contributed by atoms with Gasteiger partial charge in [-0.15, -0.1) is 0 Å². The van der Waals surface area contributed by atoms with Crippen molar-refractivity contribution in [3.05, 3.63) is 42.0 Å². The van der Waals surface area contributed by atoms with Crippen LogP contribution in [-0.2, 0) is 9.59 Å². The smallest absolute Gasteiger partial charge is 0.222 e. The zero-order chi connectivity index (χ0) is 17.8. The summed E-state index contributed by atoms with van der Waals surface area (Å²) in [6, 6.07) is 9.77. The second-order valence-electron chi connectivity index (χ2n) is 6.13. The number of amides is 1. The maximum Gasteiger partial charge on any atom is 0.222 e. The first kappa shape index (κ1) is 20.1. The van der Waals surface area contributed by atoms with Crippen molar-refractivity contribution in [3.8, 4) is 0 Å². The van der Waals surface area contributed by atoms with Gasteiger partial charge in [0.1, 0.15) is 0 Å². The van der Waals surface area contributed by atoms with Crippen LogP contribution in [0.1, 0.15) is 58.4 Å². The molecule has 0 N–H and O–H groups in total. The van der Waals surface area contributed by atoms with Gasteiger partial charge in [0.25, 0.3) is 0 Å². The Morgan fingerprint density at radius 2 is 1.71 bits per heavy atom. The third-order valence-electron chi connectivity index (χ3n) is 4.21. The van der Waals surface area contributed by atoms with Crippen LogP contribution in [0, 0.1) is 5.92 Å². The van der Waals surface area contributed by atoms with Gasteiger partial charge >= 0.3 is 0 Å². The largest absolute Gasteiger partial charge is 0.343 e. The van der Waals surface area contributed by atoms with Crippen molar-refractivity contribution in [2.24, 2.45) is 5.92 Å². The van der Waals surface area contributed by atoms with Crippen LogP contribution < -0.4 is 0 Å². The van der Waals surface area contributed by atoms with Gasteiger partial charge in [0.2, 0.25) is 5.91 Å². The van der Waals surface area contributed by atoms with E-state index in [2.05, 4.69) is 6.92 Å². The number of allylic oxidation sites excluding steroid dienone is 1. The molecule has 3 heteroatoms. The molecule has 0 unspecified atom stereocenters. The van der Waals surface area contributed by atoms with Gasteiger partial charge in [-0.1, -0.05) is 57.2 Å². The predicted molar refractivity (Wildman–Crippen MR) is 101 cm³/mol. The van der Waals surface area contributed by atoms with E-state index in [1.54, 1.807) is 6.08 Å². The average molecular weight is 329 g/mol. The van der Waals surface area contributed by atoms with E-state index in [1.165, 1.54) is 0 Å². The van der Waals surface area contributed by atoms with E-state index >= 15 is 0 Å². The van der Waals surface area contributed by atoms with Crippen molar-refractivity contribution in [2.45, 2.75) is 52.9 Å². The number of piperidine rings is 1. The summed E-state index contributed by atoms with van der Waals surface area (Å²) in [5.74, 6) is 1.02. The van der Waals surface area contributed by atoms with Gasteiger partial charge in [-0.2, -0.15) is 0 Å². The lowest BCUT2D eigenvalue weighted by atomic mass is 9.99. The minimum absolute atomic E-state index is 0.0870. The van der Waals surface area contributed by atoms with Gasteiger partial charge in [0, 0.05) is 25.9 Å². The summed E-state index contributed by atoms with van der Waals surface area (Å²) in [4.78, 5) is 25.8. The van der Waals surface area contributed by atoms with Crippen LogP contribution in [0.3, 0.4) is 0 Å². The van der Waals surface area contributed by atoms with Crippen LogP contribution >= 0.6 is 0 Å². The Kier molecular flexibility index (Phi) is 9.74. The molecular formula is C21H31NO2. The summed E-state index contributed by atoms with van der Waals surface area (Å²) in [7, 11) is 0. The van der Waals surface area contributed by atoms with Crippen LogP contribution in [0.25, 0.3) is 6.08 Å². The number of ketones is 1. The fourth-order valence-electron chi connectivity index (χ4n) is 2.67. The highest BCUT2D eigenvalue weighted by atomic mass is 16.2. The standard InChI is InChI=1S/C19H25NO2.C2H6/c1-16-12-14-20(15-13-16)19(22)9-5-8-18(21)11-10-17-6-3-2-4-7-17;1-2/h2-4,6-7,10-11,16H,5,8-9,12-15H2,1H3;1-2H3/b11-10+;. The second kappa shape index (κ2) is 11.6. The van der Waals surface area contributed by atoms with Gasteiger partial charge in [-0.3, -0.25) is 9.59 Å². The number of likely N-dealkylation sites (tertiary alicyclic amines) is 1. The van der Waals surface area contributed by atoms with Crippen molar-refractivity contribution < 1.29 is 9.59 Å². The van der Waals surface area contributed by atoms with E-state index in [1.807, 2.05) is 55.2 Å². The molecule has 1 aromatic rings. The first-order valence-corrected chi connectivity index (χ1v) is 9.19. The lowest BCUT2D eigenvalue weighted by molar-refractivity contribution is -0.132. The topological polar surface area (TPSA) is 37.4 Å². The minimum Gasteiger partial charge on any atom is -0.343 e. The molecular weight excluding hydrogens is 298 g/mol. The number of nitrogens with zero attached hydrogens (tertiary/aromatic N) is 1. The van der Waals surface area contributed by atoms with Crippen LogP contribution in [0.15, 0.2) is 36.4 Å². The molecule has 0 atom stereocenters. The second-order valence-corrected chi connectivity index (χ2v) is 6.13. The Morgan fingerprint density at radius 3 is 2.33 bits per heavy atom. The Bertz CT molecular complexity index is 514. The summed E-state index contributed by atoms with van der Waals surface area (Å²) >= 11 is 0. The highest BCUT2D eigenvalue weighted by Gasteiger charge is 2.19. The third kappa shape index (κ3) is 7.58. The highest BCUT2D eigenvalue weighted by molar-refractivity contribution is 5.93. The number of hydrogen-bond donors (Lipinski definition) is 0. The molecule has 1 aliphatic heterocycles. The molecule has 0 aliphatic carbocycles. The predicted octanol–water partition coefficient (Wildman–Crippen LogP) is 4.72. The highest BCUT2D eigenvalue weighted by Crippen LogP contribution is 2.17. The SMILES string of the molecule is CC.CC1CCN(C(=O)CCCC(=O)/C=C/c2ccccc2)CC1. The Balaban J connectivity index is 0.00000139. The Morgan fingerprint density at radius 1 is 1.08 bits per heavy atom. The average Bonchev–Trinajstić information content (AvgIpc) is 2.63. The van der Waals surface area contributed by atoms with E-state index in [4.69, 9.17) is 0 Å². The van der Waals surface area contributed by atoms with Crippen LogP contribution in [0.5, 0.6) is 0 Å². The zero-order valence-corrected chi connectivity index (χ0v) is 15.3. The molecule has 24 heavy (non-hydrogen) atoms. The summed E-state index contributed by atoms with van der Waals surface area (Å²) in [6.07, 6.45) is 7.22. The lowest BCUT2D eigenvalue weighted by Gasteiger charge is -2.30. The van der Waals surface area contributed by atoms with Gasteiger partial charge in [0.15, 0.2) is 5.78 Å². The zero-order valence-electron chi connectivity index (χ0n) is 15.3. The van der Waals surface area contributed by atoms with E-state index < -0.39 is 0 Å². The molecule has 0 aromatic heterocycles. The number of carbonyl (C=O) groups excluding carboxylic acids is 2. The molecule has 132 valence electrons. The van der Waals surface area contributed by atoms with Gasteiger partial charge < -0.3 is 4.90 Å². The number of benzene rings is 1. The fourth-order valence-corrected chi connectivity index (χ4v) is 2.67. The molecule has 0 saturated carbocycles. The van der Waals surface area contributed by atoms with E-state index in [9.17, 15) is 9.59 Å². The van der Waals surface area contributed by atoms with Gasteiger partial charge in [-0.05, 0) is 36.8 Å². The normalized spacial score (nSPS) is 15.0. The van der Waals surface area contributed by atoms with E-state index in [-0.39, 0.29) is 11.7 Å². The fraction of sp³-hybridized carbons (Fsp3) is 0.524. The molecule has 1 saturated heterocycles. The Hall–Kier alpha value is -1.90. The van der Waals surface area contributed by atoms with Crippen LogP contribution in [0.2, 0.25) is 0 Å². The molecule has 1 amide bonds. The van der Waals surface area contributed by atoms with Crippen molar-refractivity contribution >= 4 is 17.8 Å². The Labute approximate surface area is 146 Å². The molecule has 3 nitrogen and oxygen atoms in total.